The molecule has 0 fully saturated rings. The van der Waals surface area contributed by atoms with Crippen LogP contribution >= 0.6 is 11.6 Å². The summed E-state index contributed by atoms with van der Waals surface area (Å²) in [6.45, 7) is 0. The Morgan fingerprint density at radius 3 is 2.81 bits per heavy atom. The summed E-state index contributed by atoms with van der Waals surface area (Å²) in [6, 6.07) is 8.98. The summed E-state index contributed by atoms with van der Waals surface area (Å²) in [7, 11) is 1.80. The van der Waals surface area contributed by atoms with Crippen LogP contribution in [0.4, 0.5) is 5.82 Å². The van der Waals surface area contributed by atoms with Gasteiger partial charge in [0.15, 0.2) is 0 Å². The topological polar surface area (TPSA) is 53.6 Å². The molecule has 0 radical (unpaired) electrons. The summed E-state index contributed by atoms with van der Waals surface area (Å²) in [5.41, 5.74) is 1.29. The minimum atomic E-state index is 0.504. The molecule has 1 aromatic carbocycles. The number of nitrogens with one attached hydrogen (secondary N) is 1. The maximum Gasteiger partial charge on any atom is 0.148 e. The number of aromatic nitrogens is 2. The van der Waals surface area contributed by atoms with Crippen molar-refractivity contribution >= 4 is 17.4 Å². The first-order valence-electron chi connectivity index (χ1n) is 4.68. The number of nitriles is 1. The largest absolute Gasteiger partial charge is 0.372 e. The molecule has 0 atom stereocenters. The Balaban J connectivity index is 2.45. The Hall–Kier alpha value is -1.99. The molecular formula is C11H9ClN4. The summed E-state index contributed by atoms with van der Waals surface area (Å²) in [5.74, 6) is 0.764. The molecule has 2 aromatic rings. The molecule has 0 bridgehead atoms. The van der Waals surface area contributed by atoms with Gasteiger partial charge in [-0.05, 0) is 18.2 Å². The Kier molecular flexibility index (Phi) is 2.80. The van der Waals surface area contributed by atoms with Gasteiger partial charge in [0.05, 0.1) is 22.3 Å². The van der Waals surface area contributed by atoms with Gasteiger partial charge in [-0.25, -0.2) is 4.68 Å². The number of benzene rings is 1. The first-order valence-corrected chi connectivity index (χ1v) is 5.06. The standard InChI is InChI=1S/C11H9ClN4/c1-14-11-4-5-16(15-11)10-3-2-8(7-13)6-9(10)12/h2-6H,1H3,(H,14,15). The molecule has 16 heavy (non-hydrogen) atoms. The van der Waals surface area contributed by atoms with E-state index in [0.717, 1.165) is 11.5 Å². The zero-order valence-electron chi connectivity index (χ0n) is 8.61. The third-order valence-electron chi connectivity index (χ3n) is 2.17. The van der Waals surface area contributed by atoms with Gasteiger partial charge in [-0.1, -0.05) is 11.6 Å². The van der Waals surface area contributed by atoms with Crippen molar-refractivity contribution in [2.75, 3.05) is 12.4 Å². The molecule has 5 heteroatoms. The lowest BCUT2D eigenvalue weighted by Gasteiger charge is -2.04. The molecule has 1 N–H and O–H groups in total. The minimum Gasteiger partial charge on any atom is -0.372 e. The Labute approximate surface area is 98.1 Å². The van der Waals surface area contributed by atoms with Crippen LogP contribution in [0.25, 0.3) is 5.69 Å². The van der Waals surface area contributed by atoms with E-state index in [0.29, 0.717) is 10.6 Å². The van der Waals surface area contributed by atoms with Crippen LogP contribution in [-0.2, 0) is 0 Å². The monoisotopic (exact) mass is 232 g/mol. The summed E-state index contributed by atoms with van der Waals surface area (Å²) in [6.07, 6.45) is 1.80. The van der Waals surface area contributed by atoms with Crippen molar-refractivity contribution in [3.05, 3.63) is 41.0 Å². The van der Waals surface area contributed by atoms with E-state index >= 15 is 0 Å². The average Bonchev–Trinajstić information content (AvgIpc) is 2.77. The lowest BCUT2D eigenvalue weighted by Crippen LogP contribution is -1.97. The first-order chi connectivity index (χ1) is 7.74. The highest BCUT2D eigenvalue weighted by Crippen LogP contribution is 2.21. The predicted molar refractivity (Wildman–Crippen MR) is 62.8 cm³/mol. The van der Waals surface area contributed by atoms with Crippen molar-refractivity contribution in [1.29, 1.82) is 5.26 Å². The van der Waals surface area contributed by atoms with E-state index in [-0.39, 0.29) is 0 Å². The number of hydrogen-bond acceptors (Lipinski definition) is 3. The summed E-state index contributed by atoms with van der Waals surface area (Å²) < 4.78 is 1.66. The van der Waals surface area contributed by atoms with E-state index in [9.17, 15) is 0 Å². The Morgan fingerprint density at radius 1 is 1.44 bits per heavy atom. The van der Waals surface area contributed by atoms with Crippen molar-refractivity contribution < 1.29 is 0 Å². The summed E-state index contributed by atoms with van der Waals surface area (Å²) in [4.78, 5) is 0. The molecule has 0 aliphatic rings. The van der Waals surface area contributed by atoms with Crippen LogP contribution in [-0.4, -0.2) is 16.8 Å². The van der Waals surface area contributed by atoms with Crippen LogP contribution in [0.2, 0.25) is 5.02 Å². The fourth-order valence-corrected chi connectivity index (χ4v) is 1.62. The summed E-state index contributed by atoms with van der Waals surface area (Å²) in [5, 5.41) is 16.4. The van der Waals surface area contributed by atoms with Crippen LogP contribution < -0.4 is 5.32 Å². The number of hydrogen-bond donors (Lipinski definition) is 1. The van der Waals surface area contributed by atoms with Crippen LogP contribution in [0.15, 0.2) is 30.5 Å². The van der Waals surface area contributed by atoms with E-state index in [2.05, 4.69) is 10.4 Å². The predicted octanol–water partition coefficient (Wildman–Crippen LogP) is 2.44. The number of nitrogens with zero attached hydrogens (tertiary/aromatic N) is 3. The van der Waals surface area contributed by atoms with Crippen LogP contribution in [0.1, 0.15) is 5.56 Å². The van der Waals surface area contributed by atoms with Gasteiger partial charge in [0.1, 0.15) is 5.82 Å². The highest BCUT2D eigenvalue weighted by atomic mass is 35.5. The van der Waals surface area contributed by atoms with Gasteiger partial charge < -0.3 is 5.32 Å². The van der Waals surface area contributed by atoms with Gasteiger partial charge in [-0.2, -0.15) is 10.4 Å². The molecular weight excluding hydrogens is 224 g/mol. The Bertz CT molecular complexity index is 553. The van der Waals surface area contributed by atoms with E-state index in [1.54, 1.807) is 36.1 Å². The van der Waals surface area contributed by atoms with Gasteiger partial charge in [0.2, 0.25) is 0 Å². The highest BCUT2D eigenvalue weighted by Gasteiger charge is 2.05. The van der Waals surface area contributed by atoms with E-state index in [4.69, 9.17) is 16.9 Å². The maximum absolute atomic E-state index is 8.72. The number of anilines is 1. The molecule has 0 saturated heterocycles. The van der Waals surface area contributed by atoms with Crippen LogP contribution in [0.5, 0.6) is 0 Å². The van der Waals surface area contributed by atoms with Crippen molar-refractivity contribution in [3.63, 3.8) is 0 Å². The van der Waals surface area contributed by atoms with Crippen molar-refractivity contribution in [1.82, 2.24) is 9.78 Å². The number of halogens is 1. The fraction of sp³-hybridized carbons (Fsp3) is 0.0909. The van der Waals surface area contributed by atoms with Crippen LogP contribution in [0.3, 0.4) is 0 Å². The molecule has 0 spiro atoms. The fourth-order valence-electron chi connectivity index (χ4n) is 1.35. The van der Waals surface area contributed by atoms with Gasteiger partial charge in [-0.3, -0.25) is 0 Å². The third-order valence-corrected chi connectivity index (χ3v) is 2.47. The second-order valence-corrected chi connectivity index (χ2v) is 3.58. The molecule has 2 rings (SSSR count). The van der Waals surface area contributed by atoms with Crippen molar-refractivity contribution in [3.8, 4) is 11.8 Å². The van der Waals surface area contributed by atoms with Crippen LogP contribution in [0, 0.1) is 11.3 Å². The van der Waals surface area contributed by atoms with E-state index in [1.165, 1.54) is 0 Å². The third kappa shape index (κ3) is 1.86. The minimum absolute atomic E-state index is 0.504. The van der Waals surface area contributed by atoms with Crippen molar-refractivity contribution in [2.45, 2.75) is 0 Å². The second kappa shape index (κ2) is 4.25. The molecule has 80 valence electrons. The van der Waals surface area contributed by atoms with Gasteiger partial charge in [0.25, 0.3) is 0 Å². The van der Waals surface area contributed by atoms with Gasteiger partial charge >= 0.3 is 0 Å². The zero-order valence-corrected chi connectivity index (χ0v) is 9.36. The smallest absolute Gasteiger partial charge is 0.148 e. The molecule has 0 saturated carbocycles. The van der Waals surface area contributed by atoms with Gasteiger partial charge in [0, 0.05) is 19.3 Å². The highest BCUT2D eigenvalue weighted by molar-refractivity contribution is 6.32. The average molecular weight is 233 g/mol. The van der Waals surface area contributed by atoms with Gasteiger partial charge in [-0.15, -0.1) is 0 Å². The second-order valence-electron chi connectivity index (χ2n) is 3.17. The Morgan fingerprint density at radius 2 is 2.25 bits per heavy atom. The molecule has 1 aromatic heterocycles. The maximum atomic E-state index is 8.72. The quantitative estimate of drug-likeness (QED) is 0.865. The normalized spacial score (nSPS) is 9.81. The zero-order chi connectivity index (χ0) is 11.5. The summed E-state index contributed by atoms with van der Waals surface area (Å²) >= 11 is 6.06. The molecule has 0 unspecified atom stereocenters. The first kappa shape index (κ1) is 10.5. The molecule has 4 nitrogen and oxygen atoms in total. The molecule has 0 amide bonds. The molecule has 0 aliphatic heterocycles. The SMILES string of the molecule is CNc1ccn(-c2ccc(C#N)cc2Cl)n1. The number of rotatable bonds is 2. The molecule has 1 heterocycles. The lowest BCUT2D eigenvalue weighted by atomic mass is 10.2. The van der Waals surface area contributed by atoms with E-state index < -0.39 is 0 Å². The van der Waals surface area contributed by atoms with E-state index in [1.807, 2.05) is 12.1 Å². The lowest BCUT2D eigenvalue weighted by molar-refractivity contribution is 0.883. The molecule has 0 aliphatic carbocycles. The van der Waals surface area contributed by atoms with Crippen molar-refractivity contribution in [2.24, 2.45) is 0 Å².